The first-order valence-corrected chi connectivity index (χ1v) is 6.47. The summed E-state index contributed by atoms with van der Waals surface area (Å²) >= 11 is 0. The number of ether oxygens (including phenoxy) is 1. The molecular weight excluding hydrogens is 204 g/mol. The van der Waals surface area contributed by atoms with Gasteiger partial charge in [-0.3, -0.25) is 4.79 Å². The summed E-state index contributed by atoms with van der Waals surface area (Å²) in [6.45, 7) is 3.72. The molecule has 84 valence electrons. The highest BCUT2D eigenvalue weighted by Gasteiger charge is 2.13. The number of rotatable bonds is 6. The molecule has 4 nitrogen and oxygen atoms in total. The molecular formula is C9H18O4S. The second-order valence-electron chi connectivity index (χ2n) is 3.69. The maximum Gasteiger partial charge on any atom is 0.305 e. The van der Waals surface area contributed by atoms with Crippen LogP contribution in [0.3, 0.4) is 0 Å². The lowest BCUT2D eigenvalue weighted by Gasteiger charge is -2.05. The number of carbonyl (C=O) groups excluding carboxylic acids is 1. The fourth-order valence-corrected chi connectivity index (χ4v) is 2.90. The van der Waals surface area contributed by atoms with Gasteiger partial charge in [0.25, 0.3) is 0 Å². The van der Waals surface area contributed by atoms with E-state index in [2.05, 4.69) is 4.74 Å². The molecule has 0 aliphatic heterocycles. The molecule has 14 heavy (non-hydrogen) atoms. The number of hydrogen-bond donors (Lipinski definition) is 0. The van der Waals surface area contributed by atoms with Crippen molar-refractivity contribution < 1.29 is 17.9 Å². The molecule has 0 bridgehead atoms. The van der Waals surface area contributed by atoms with Gasteiger partial charge in [0.15, 0.2) is 9.84 Å². The van der Waals surface area contributed by atoms with E-state index in [-0.39, 0.29) is 29.8 Å². The van der Waals surface area contributed by atoms with Crippen LogP contribution in [0.15, 0.2) is 0 Å². The average molecular weight is 222 g/mol. The van der Waals surface area contributed by atoms with Crippen molar-refractivity contribution in [3.63, 3.8) is 0 Å². The maximum atomic E-state index is 11.4. The predicted octanol–water partition coefficient (Wildman–Crippen LogP) is 1.01. The molecule has 0 amide bonds. The third-order valence-corrected chi connectivity index (χ3v) is 3.74. The first kappa shape index (κ1) is 13.4. The third-order valence-electron chi connectivity index (χ3n) is 1.65. The van der Waals surface area contributed by atoms with Crippen molar-refractivity contribution in [3.05, 3.63) is 0 Å². The summed E-state index contributed by atoms with van der Waals surface area (Å²) in [6, 6.07) is 0. The van der Waals surface area contributed by atoms with Gasteiger partial charge >= 0.3 is 5.97 Å². The Bertz CT molecular complexity index is 267. The molecule has 0 aromatic heterocycles. The Labute approximate surface area is 85.6 Å². The molecule has 0 radical (unpaired) electrons. The highest BCUT2D eigenvalue weighted by Crippen LogP contribution is 2.04. The van der Waals surface area contributed by atoms with Gasteiger partial charge in [0.2, 0.25) is 0 Å². The summed E-state index contributed by atoms with van der Waals surface area (Å²) in [4.78, 5) is 10.7. The normalized spacial score (nSPS) is 11.7. The van der Waals surface area contributed by atoms with E-state index < -0.39 is 9.84 Å². The van der Waals surface area contributed by atoms with E-state index in [1.165, 1.54) is 7.11 Å². The van der Waals surface area contributed by atoms with Gasteiger partial charge in [-0.1, -0.05) is 13.8 Å². The van der Waals surface area contributed by atoms with Crippen molar-refractivity contribution >= 4 is 15.8 Å². The van der Waals surface area contributed by atoms with Crippen molar-refractivity contribution in [1.82, 2.24) is 0 Å². The van der Waals surface area contributed by atoms with E-state index >= 15 is 0 Å². The van der Waals surface area contributed by atoms with Crippen LogP contribution in [0.25, 0.3) is 0 Å². The van der Waals surface area contributed by atoms with Crippen LogP contribution in [0.4, 0.5) is 0 Å². The van der Waals surface area contributed by atoms with Gasteiger partial charge in [-0.2, -0.15) is 0 Å². The average Bonchev–Trinajstić information content (AvgIpc) is 2.01. The smallest absolute Gasteiger partial charge is 0.305 e. The van der Waals surface area contributed by atoms with Crippen LogP contribution >= 0.6 is 0 Å². The summed E-state index contributed by atoms with van der Waals surface area (Å²) in [6.07, 6.45) is 0.523. The van der Waals surface area contributed by atoms with Gasteiger partial charge in [0, 0.05) is 6.42 Å². The fraction of sp³-hybridized carbons (Fsp3) is 0.889. The van der Waals surface area contributed by atoms with Crippen LogP contribution in [-0.4, -0.2) is 33.0 Å². The minimum atomic E-state index is -2.99. The van der Waals surface area contributed by atoms with Crippen molar-refractivity contribution in [2.75, 3.05) is 18.6 Å². The predicted molar refractivity (Wildman–Crippen MR) is 54.7 cm³/mol. The Balaban J connectivity index is 3.83. The van der Waals surface area contributed by atoms with Gasteiger partial charge in [0.1, 0.15) is 0 Å². The molecule has 0 saturated carbocycles. The lowest BCUT2D eigenvalue weighted by atomic mass is 10.3. The van der Waals surface area contributed by atoms with E-state index in [1.807, 2.05) is 13.8 Å². The van der Waals surface area contributed by atoms with E-state index in [4.69, 9.17) is 0 Å². The summed E-state index contributed by atoms with van der Waals surface area (Å²) in [7, 11) is -1.70. The standard InChI is InChI=1S/C9H18O4S/c1-8(2)7-14(11,12)6-4-5-9(10)13-3/h8H,4-7H2,1-3H3. The molecule has 0 heterocycles. The molecule has 0 rings (SSSR count). The molecule has 0 aliphatic rings. The summed E-state index contributed by atoms with van der Waals surface area (Å²) in [5, 5.41) is 0. The lowest BCUT2D eigenvalue weighted by molar-refractivity contribution is -0.140. The van der Waals surface area contributed by atoms with Crippen molar-refractivity contribution in [3.8, 4) is 0 Å². The zero-order valence-electron chi connectivity index (χ0n) is 8.95. The highest BCUT2D eigenvalue weighted by atomic mass is 32.2. The molecule has 5 heteroatoms. The van der Waals surface area contributed by atoms with Gasteiger partial charge < -0.3 is 4.74 Å². The zero-order valence-corrected chi connectivity index (χ0v) is 9.76. The third kappa shape index (κ3) is 6.88. The number of hydrogen-bond acceptors (Lipinski definition) is 4. The molecule has 0 aromatic rings. The van der Waals surface area contributed by atoms with Crippen LogP contribution in [0, 0.1) is 5.92 Å². The molecule has 0 spiro atoms. The highest BCUT2D eigenvalue weighted by molar-refractivity contribution is 7.91. The van der Waals surface area contributed by atoms with Gasteiger partial charge in [0.05, 0.1) is 18.6 Å². The Morgan fingerprint density at radius 3 is 2.36 bits per heavy atom. The maximum absolute atomic E-state index is 11.4. The fourth-order valence-electron chi connectivity index (χ4n) is 1.13. The Kier molecular flexibility index (Phi) is 5.76. The molecule has 0 unspecified atom stereocenters. The monoisotopic (exact) mass is 222 g/mol. The number of sulfone groups is 1. The zero-order chi connectivity index (χ0) is 11.2. The largest absolute Gasteiger partial charge is 0.469 e. The van der Waals surface area contributed by atoms with Crippen molar-refractivity contribution in [1.29, 1.82) is 0 Å². The van der Waals surface area contributed by atoms with E-state index in [0.29, 0.717) is 6.42 Å². The van der Waals surface area contributed by atoms with Crippen LogP contribution in [-0.2, 0) is 19.4 Å². The number of esters is 1. The molecule has 0 N–H and O–H groups in total. The first-order chi connectivity index (χ1) is 6.37. The summed E-state index contributed by atoms with van der Waals surface area (Å²) in [5.74, 6) is 0.0388. The van der Waals surface area contributed by atoms with E-state index in [0.717, 1.165) is 0 Å². The van der Waals surface area contributed by atoms with Crippen molar-refractivity contribution in [2.45, 2.75) is 26.7 Å². The van der Waals surface area contributed by atoms with E-state index in [9.17, 15) is 13.2 Å². The Morgan fingerprint density at radius 1 is 1.36 bits per heavy atom. The quantitative estimate of drug-likeness (QED) is 0.629. The summed E-state index contributed by atoms with van der Waals surface area (Å²) in [5.41, 5.74) is 0. The first-order valence-electron chi connectivity index (χ1n) is 4.64. The number of carbonyl (C=O) groups is 1. The molecule has 0 aromatic carbocycles. The number of methoxy groups -OCH3 is 1. The Hall–Kier alpha value is -0.580. The van der Waals surface area contributed by atoms with Crippen LogP contribution in [0.2, 0.25) is 0 Å². The molecule has 0 fully saturated rings. The summed E-state index contributed by atoms with van der Waals surface area (Å²) < 4.78 is 27.1. The van der Waals surface area contributed by atoms with Crippen LogP contribution in [0.5, 0.6) is 0 Å². The van der Waals surface area contributed by atoms with Crippen LogP contribution in [0.1, 0.15) is 26.7 Å². The molecule has 0 atom stereocenters. The molecule has 0 aliphatic carbocycles. The van der Waals surface area contributed by atoms with Crippen LogP contribution < -0.4 is 0 Å². The SMILES string of the molecule is COC(=O)CCCS(=O)(=O)CC(C)C. The second-order valence-corrected chi connectivity index (χ2v) is 5.92. The van der Waals surface area contributed by atoms with E-state index in [1.54, 1.807) is 0 Å². The Morgan fingerprint density at radius 2 is 1.93 bits per heavy atom. The molecule has 0 saturated heterocycles. The van der Waals surface area contributed by atoms with Gasteiger partial charge in [-0.15, -0.1) is 0 Å². The minimum absolute atomic E-state index is 0.0697. The van der Waals surface area contributed by atoms with Gasteiger partial charge in [-0.25, -0.2) is 8.42 Å². The van der Waals surface area contributed by atoms with Crippen molar-refractivity contribution in [2.24, 2.45) is 5.92 Å². The minimum Gasteiger partial charge on any atom is -0.469 e. The van der Waals surface area contributed by atoms with Gasteiger partial charge in [-0.05, 0) is 12.3 Å². The second kappa shape index (κ2) is 6.01. The lowest BCUT2D eigenvalue weighted by Crippen LogP contribution is -2.16. The topological polar surface area (TPSA) is 60.4 Å².